The van der Waals surface area contributed by atoms with Gasteiger partial charge in [-0.15, -0.1) is 0 Å². The summed E-state index contributed by atoms with van der Waals surface area (Å²) in [5.74, 6) is 0. The van der Waals surface area contributed by atoms with Crippen molar-refractivity contribution in [1.82, 2.24) is 20.3 Å². The number of hydrogen-bond acceptors (Lipinski definition) is 3. The van der Waals surface area contributed by atoms with E-state index in [1.807, 2.05) is 60.7 Å². The first-order valence-electron chi connectivity index (χ1n) is 8.29. The number of fused-ring (bicyclic) bond motifs is 8. The highest BCUT2D eigenvalue weighted by Gasteiger charge is 2.24. The first kappa shape index (κ1) is 14.5. The van der Waals surface area contributed by atoms with Crippen LogP contribution in [0.5, 0.6) is 0 Å². The van der Waals surface area contributed by atoms with Gasteiger partial charge in [0.25, 0.3) is 0 Å². The molecule has 0 amide bonds. The van der Waals surface area contributed by atoms with E-state index in [1.54, 1.807) is 0 Å². The summed E-state index contributed by atoms with van der Waals surface area (Å²) in [6, 6.07) is 12.0. The van der Waals surface area contributed by atoms with E-state index in [-0.39, 0.29) is 11.4 Å². The molecule has 8 bridgehead atoms. The molecule has 2 aliphatic rings. The summed E-state index contributed by atoms with van der Waals surface area (Å²) >= 11 is 0. The lowest BCUT2D eigenvalue weighted by Gasteiger charge is -1.98. The highest BCUT2D eigenvalue weighted by Crippen LogP contribution is 2.18. The van der Waals surface area contributed by atoms with Crippen LogP contribution < -0.4 is 16.0 Å². The summed E-state index contributed by atoms with van der Waals surface area (Å²) in [6.45, 7) is 0. The van der Waals surface area contributed by atoms with Gasteiger partial charge in [-0.1, -0.05) is 0 Å². The number of H-pyrrole nitrogens is 3. The Morgan fingerprint density at radius 3 is 1.38 bits per heavy atom. The van der Waals surface area contributed by atoms with Gasteiger partial charge in [-0.3, -0.25) is 10.8 Å². The molecule has 126 valence electrons. The molecular weight excluding hydrogens is 324 g/mol. The van der Waals surface area contributed by atoms with Gasteiger partial charge in [0.2, 0.25) is 0 Å². The van der Waals surface area contributed by atoms with Gasteiger partial charge in [-0.2, -0.15) is 0 Å². The summed E-state index contributed by atoms with van der Waals surface area (Å²) in [4.78, 5) is 10.0. The van der Waals surface area contributed by atoms with Crippen LogP contribution in [0.1, 0.15) is 22.8 Å². The topological polar surface area (TPSA) is 107 Å². The summed E-state index contributed by atoms with van der Waals surface area (Å²) in [5, 5.41) is 21.6. The Morgan fingerprint density at radius 1 is 0.500 bits per heavy atom. The molecule has 0 radical (unpaired) electrons. The van der Waals surface area contributed by atoms with E-state index in [9.17, 15) is 0 Å². The monoisotopic (exact) mass is 340 g/mol. The summed E-state index contributed by atoms with van der Waals surface area (Å²) < 4.78 is 0. The number of hydrogen-bond donors (Lipinski definition) is 6. The average Bonchev–Trinajstić information content (AvgIpc) is 3.38. The Bertz CT molecular complexity index is 1150. The first-order chi connectivity index (χ1) is 12.6. The predicted molar refractivity (Wildman–Crippen MR) is 103 cm³/mol. The first-order valence-corrected chi connectivity index (χ1v) is 8.29. The van der Waals surface area contributed by atoms with Gasteiger partial charge in [0.1, 0.15) is 11.4 Å². The second-order valence-corrected chi connectivity index (χ2v) is 6.39. The molecule has 0 saturated carbocycles. The Hall–Kier alpha value is -3.80. The third-order valence-corrected chi connectivity index (χ3v) is 4.47. The highest BCUT2D eigenvalue weighted by molar-refractivity contribution is 6.55. The molecule has 5 rings (SSSR count). The maximum atomic E-state index is 8.20. The summed E-state index contributed by atoms with van der Waals surface area (Å²) in [5.41, 5.74) is 5.30. The van der Waals surface area contributed by atoms with Crippen molar-refractivity contribution in [1.29, 1.82) is 10.8 Å². The molecule has 6 N–H and O–H groups in total. The molecule has 0 spiro atoms. The standard InChI is InChI=1S/C20H16N6/c21-19-17-9-15-5-3-13(24-15)7-11-1-2-12(23-11)8-14-4-6-16(25-14)10-18(26-17)20(19)22/h1-10,21-26H. The van der Waals surface area contributed by atoms with E-state index in [0.717, 1.165) is 33.5 Å². The molecule has 0 aromatic carbocycles. The molecule has 3 aromatic rings. The number of nitrogens with one attached hydrogen (secondary N) is 6. The van der Waals surface area contributed by atoms with Crippen molar-refractivity contribution in [2.75, 3.05) is 0 Å². The van der Waals surface area contributed by atoms with Crippen molar-refractivity contribution >= 4 is 35.7 Å². The fraction of sp³-hybridized carbons (Fsp3) is 0. The third-order valence-electron chi connectivity index (χ3n) is 4.47. The molecule has 1 saturated heterocycles. The zero-order valence-corrected chi connectivity index (χ0v) is 13.8. The Morgan fingerprint density at radius 2 is 0.923 bits per heavy atom. The third kappa shape index (κ3) is 2.44. The highest BCUT2D eigenvalue weighted by atomic mass is 15.0. The van der Waals surface area contributed by atoms with E-state index in [2.05, 4.69) is 20.3 Å². The van der Waals surface area contributed by atoms with Crippen LogP contribution in [-0.4, -0.2) is 26.4 Å². The molecule has 2 aliphatic heterocycles. The smallest absolute Gasteiger partial charge is 0.105 e. The number of rotatable bonds is 0. The van der Waals surface area contributed by atoms with Crippen molar-refractivity contribution in [2.24, 2.45) is 0 Å². The molecule has 0 unspecified atom stereocenters. The van der Waals surface area contributed by atoms with Crippen molar-refractivity contribution in [3.8, 4) is 0 Å². The normalized spacial score (nSPS) is 15.7. The fourth-order valence-electron chi connectivity index (χ4n) is 3.20. The molecule has 6 nitrogen and oxygen atoms in total. The molecule has 1 fully saturated rings. The van der Waals surface area contributed by atoms with E-state index in [4.69, 9.17) is 10.8 Å². The van der Waals surface area contributed by atoms with E-state index in [0.29, 0.717) is 11.4 Å². The number of aromatic nitrogens is 3. The Kier molecular flexibility index (Phi) is 2.99. The van der Waals surface area contributed by atoms with E-state index in [1.165, 1.54) is 0 Å². The summed E-state index contributed by atoms with van der Waals surface area (Å²) in [6.07, 6.45) is 7.78. The van der Waals surface area contributed by atoms with Gasteiger partial charge < -0.3 is 20.3 Å². The van der Waals surface area contributed by atoms with Crippen LogP contribution in [0.3, 0.4) is 0 Å². The van der Waals surface area contributed by atoms with Gasteiger partial charge in [-0.05, 0) is 60.7 Å². The van der Waals surface area contributed by atoms with Crippen LogP contribution in [-0.2, 0) is 0 Å². The van der Waals surface area contributed by atoms with E-state index >= 15 is 0 Å². The summed E-state index contributed by atoms with van der Waals surface area (Å²) in [7, 11) is 0. The zero-order chi connectivity index (χ0) is 17.7. The SMILES string of the molecule is N=C1C(=N)C2=Cc3ccc([nH]3)C=c3ccc([nH]3)=Cc3ccc([nH]3)C=C1N2. The maximum absolute atomic E-state index is 8.20. The van der Waals surface area contributed by atoms with Gasteiger partial charge in [0, 0.05) is 33.5 Å². The molecule has 3 aromatic heterocycles. The van der Waals surface area contributed by atoms with Gasteiger partial charge in [0.05, 0.1) is 11.4 Å². The fourth-order valence-corrected chi connectivity index (χ4v) is 3.20. The van der Waals surface area contributed by atoms with Gasteiger partial charge in [-0.25, -0.2) is 0 Å². The lowest BCUT2D eigenvalue weighted by molar-refractivity contribution is 1.13. The van der Waals surface area contributed by atoms with Crippen LogP contribution >= 0.6 is 0 Å². The lowest BCUT2D eigenvalue weighted by Crippen LogP contribution is -2.09. The Labute approximate surface area is 148 Å². The lowest BCUT2D eigenvalue weighted by atomic mass is 10.2. The minimum Gasteiger partial charge on any atom is -0.355 e. The van der Waals surface area contributed by atoms with Crippen LogP contribution in [0.2, 0.25) is 0 Å². The van der Waals surface area contributed by atoms with Crippen LogP contribution in [0.4, 0.5) is 0 Å². The van der Waals surface area contributed by atoms with Crippen LogP contribution in [0, 0.1) is 10.8 Å². The van der Waals surface area contributed by atoms with Crippen molar-refractivity contribution in [3.63, 3.8) is 0 Å². The molecule has 0 aliphatic carbocycles. The minimum atomic E-state index is 0.188. The zero-order valence-electron chi connectivity index (χ0n) is 13.8. The number of aromatic amines is 3. The van der Waals surface area contributed by atoms with Gasteiger partial charge >= 0.3 is 0 Å². The Balaban J connectivity index is 1.74. The largest absolute Gasteiger partial charge is 0.355 e. The molecule has 26 heavy (non-hydrogen) atoms. The second kappa shape index (κ2) is 5.35. The van der Waals surface area contributed by atoms with Gasteiger partial charge in [0.15, 0.2) is 0 Å². The van der Waals surface area contributed by atoms with Crippen molar-refractivity contribution in [2.45, 2.75) is 0 Å². The number of allylic oxidation sites excluding steroid dienone is 2. The maximum Gasteiger partial charge on any atom is 0.105 e. The van der Waals surface area contributed by atoms with E-state index < -0.39 is 0 Å². The average molecular weight is 340 g/mol. The predicted octanol–water partition coefficient (Wildman–Crippen LogP) is 1.67. The quantitative estimate of drug-likeness (QED) is 0.368. The minimum absolute atomic E-state index is 0.188. The molecule has 5 heterocycles. The molecule has 0 atom stereocenters. The van der Waals surface area contributed by atoms with Crippen LogP contribution in [0.15, 0.2) is 47.8 Å². The van der Waals surface area contributed by atoms with Crippen molar-refractivity contribution < 1.29 is 0 Å². The second-order valence-electron chi connectivity index (χ2n) is 6.39. The molecule has 6 heteroatoms. The van der Waals surface area contributed by atoms with Crippen molar-refractivity contribution in [3.05, 3.63) is 81.3 Å². The van der Waals surface area contributed by atoms with Crippen LogP contribution in [0.25, 0.3) is 24.3 Å². The molecular formula is C20H16N6.